The molecule has 0 radical (unpaired) electrons. The van der Waals surface area contributed by atoms with Gasteiger partial charge in [0, 0.05) is 18.2 Å². The molecule has 3 rings (SSSR count). The Labute approximate surface area is 193 Å². The highest BCUT2D eigenvalue weighted by Crippen LogP contribution is 2.40. The molecule has 186 valence electrons. The lowest BCUT2D eigenvalue weighted by Crippen LogP contribution is -2.24. The number of hydrogen-bond donors (Lipinski definition) is 0. The molecule has 0 N–H and O–H groups in total. The molecule has 0 amide bonds. The largest absolute Gasteiger partial charge is 0.459 e. The zero-order chi connectivity index (χ0) is 24.9. The van der Waals surface area contributed by atoms with Crippen molar-refractivity contribution in [3.05, 3.63) is 71.2 Å². The van der Waals surface area contributed by atoms with E-state index in [1.807, 2.05) is 0 Å². The van der Waals surface area contributed by atoms with Gasteiger partial charge in [-0.3, -0.25) is 0 Å². The van der Waals surface area contributed by atoms with Crippen LogP contribution in [0.1, 0.15) is 62.5 Å². The van der Waals surface area contributed by atoms with Gasteiger partial charge in [0.1, 0.15) is 11.6 Å². The molecule has 2 nitrogen and oxygen atoms in total. The Bertz CT molecular complexity index is 976. The first-order valence-corrected chi connectivity index (χ1v) is 11.1. The van der Waals surface area contributed by atoms with Gasteiger partial charge >= 0.3 is 6.11 Å². The quantitative estimate of drug-likeness (QED) is 0.259. The fourth-order valence-corrected chi connectivity index (χ4v) is 4.29. The van der Waals surface area contributed by atoms with Gasteiger partial charge < -0.3 is 9.47 Å². The van der Waals surface area contributed by atoms with E-state index < -0.39 is 47.0 Å². The summed E-state index contributed by atoms with van der Waals surface area (Å²) in [4.78, 5) is 0. The molecular formula is C25H25F7O2. The Morgan fingerprint density at radius 3 is 2.18 bits per heavy atom. The van der Waals surface area contributed by atoms with E-state index in [2.05, 4.69) is 16.4 Å². The van der Waals surface area contributed by atoms with Gasteiger partial charge in [-0.25, -0.2) is 22.0 Å². The summed E-state index contributed by atoms with van der Waals surface area (Å²) in [5.41, 5.74) is -0.445. The van der Waals surface area contributed by atoms with Crippen LogP contribution in [-0.4, -0.2) is 6.43 Å². The summed E-state index contributed by atoms with van der Waals surface area (Å²) in [6.45, 7) is 2.13. The Morgan fingerprint density at radius 1 is 0.971 bits per heavy atom. The Morgan fingerprint density at radius 2 is 1.62 bits per heavy atom. The van der Waals surface area contributed by atoms with Gasteiger partial charge in [-0.2, -0.15) is 8.78 Å². The predicted octanol–water partition coefficient (Wildman–Crippen LogP) is 8.46. The second-order valence-corrected chi connectivity index (χ2v) is 8.36. The average Bonchev–Trinajstić information content (AvgIpc) is 2.75. The first-order chi connectivity index (χ1) is 16.1. The first-order valence-electron chi connectivity index (χ1n) is 11.1. The molecule has 1 fully saturated rings. The molecule has 0 spiro atoms. The number of rotatable bonds is 9. The molecule has 0 atom stereocenters. The van der Waals surface area contributed by atoms with Crippen molar-refractivity contribution < 1.29 is 40.2 Å². The maximum Gasteiger partial charge on any atom is 0.429 e. The molecule has 1 saturated carbocycles. The number of hydrogen-bond acceptors (Lipinski definition) is 2. The van der Waals surface area contributed by atoms with E-state index in [-0.39, 0.29) is 12.0 Å². The van der Waals surface area contributed by atoms with Crippen molar-refractivity contribution in [1.29, 1.82) is 0 Å². The average molecular weight is 490 g/mol. The van der Waals surface area contributed by atoms with Crippen molar-refractivity contribution in [2.24, 2.45) is 5.92 Å². The van der Waals surface area contributed by atoms with Gasteiger partial charge in [0.15, 0.2) is 17.4 Å². The van der Waals surface area contributed by atoms with Crippen molar-refractivity contribution >= 4 is 0 Å². The van der Waals surface area contributed by atoms with E-state index in [0.717, 1.165) is 50.7 Å². The highest BCUT2D eigenvalue weighted by molar-refractivity contribution is 5.36. The van der Waals surface area contributed by atoms with Gasteiger partial charge in [0.25, 0.3) is 6.43 Å². The molecule has 0 unspecified atom stereocenters. The smallest absolute Gasteiger partial charge is 0.429 e. The Hall–Kier alpha value is -2.71. The zero-order valence-corrected chi connectivity index (χ0v) is 18.5. The molecule has 0 heterocycles. The van der Waals surface area contributed by atoms with Crippen molar-refractivity contribution in [1.82, 2.24) is 0 Å². The third kappa shape index (κ3) is 6.45. The van der Waals surface area contributed by atoms with Crippen LogP contribution in [0, 0.1) is 23.4 Å². The highest BCUT2D eigenvalue weighted by Gasteiger charge is 2.38. The first kappa shape index (κ1) is 25.9. The van der Waals surface area contributed by atoms with E-state index in [9.17, 15) is 30.7 Å². The number of benzene rings is 2. The van der Waals surface area contributed by atoms with Crippen molar-refractivity contribution in [2.75, 3.05) is 0 Å². The minimum Gasteiger partial charge on any atom is -0.459 e. The van der Waals surface area contributed by atoms with Crippen LogP contribution < -0.4 is 9.47 Å². The van der Waals surface area contributed by atoms with Crippen molar-refractivity contribution in [2.45, 2.75) is 63.9 Å². The second kappa shape index (κ2) is 11.1. The highest BCUT2D eigenvalue weighted by atomic mass is 19.3. The minimum absolute atomic E-state index is 0.0843. The number of alkyl halides is 4. The Kier molecular flexibility index (Phi) is 8.49. The van der Waals surface area contributed by atoms with E-state index in [1.165, 1.54) is 6.07 Å². The van der Waals surface area contributed by atoms with Gasteiger partial charge in [-0.1, -0.05) is 25.8 Å². The molecule has 2 aromatic rings. The third-order valence-corrected chi connectivity index (χ3v) is 5.95. The fourth-order valence-electron chi connectivity index (χ4n) is 4.29. The molecule has 9 heteroatoms. The van der Waals surface area contributed by atoms with Crippen LogP contribution in [0.4, 0.5) is 30.7 Å². The van der Waals surface area contributed by atoms with Crippen LogP contribution in [0.2, 0.25) is 0 Å². The lowest BCUT2D eigenvalue weighted by Gasteiger charge is -2.29. The summed E-state index contributed by atoms with van der Waals surface area (Å²) in [5, 5.41) is 0. The van der Waals surface area contributed by atoms with Gasteiger partial charge in [0.2, 0.25) is 0 Å². The SMILES string of the molecule is CCCC1CCC(c2ccc(C(F)(F)Oc3cc(F)c(OC=CC(F)F)c(F)c3)c(F)c2)CC1. The summed E-state index contributed by atoms with van der Waals surface area (Å²) < 4.78 is 105. The summed E-state index contributed by atoms with van der Waals surface area (Å²) >= 11 is 0. The predicted molar refractivity (Wildman–Crippen MR) is 113 cm³/mol. The zero-order valence-electron chi connectivity index (χ0n) is 18.5. The molecule has 0 bridgehead atoms. The monoisotopic (exact) mass is 490 g/mol. The van der Waals surface area contributed by atoms with E-state index in [0.29, 0.717) is 29.9 Å². The van der Waals surface area contributed by atoms with Gasteiger partial charge in [-0.05, 0) is 55.2 Å². The molecule has 34 heavy (non-hydrogen) atoms. The number of ether oxygens (including phenoxy) is 2. The van der Waals surface area contributed by atoms with E-state index in [1.54, 1.807) is 0 Å². The van der Waals surface area contributed by atoms with Crippen molar-refractivity contribution in [3.63, 3.8) is 0 Å². The summed E-state index contributed by atoms with van der Waals surface area (Å²) in [5.74, 6) is -5.38. The summed E-state index contributed by atoms with van der Waals surface area (Å²) in [6, 6.07) is 4.19. The van der Waals surface area contributed by atoms with Crippen LogP contribution in [0.5, 0.6) is 11.5 Å². The summed E-state index contributed by atoms with van der Waals surface area (Å²) in [6.07, 6.45) is -0.549. The normalized spacial score (nSPS) is 19.1. The molecule has 1 aliphatic carbocycles. The minimum atomic E-state index is -4.22. The standard InChI is InChI=1S/C25H25F7O2/c1-2-3-15-4-6-16(7-5-15)17-8-9-19(20(26)12-17)25(31,32)34-18-13-21(27)24(22(28)14-18)33-11-10-23(29)30/h8-16,23H,2-7H2,1H3. The number of halogens is 7. The molecule has 0 aromatic heterocycles. The molecular weight excluding hydrogens is 465 g/mol. The Balaban J connectivity index is 1.72. The number of allylic oxidation sites excluding steroid dienone is 1. The van der Waals surface area contributed by atoms with Gasteiger partial charge in [-0.15, -0.1) is 0 Å². The van der Waals surface area contributed by atoms with Crippen LogP contribution in [0.3, 0.4) is 0 Å². The third-order valence-electron chi connectivity index (χ3n) is 5.95. The van der Waals surface area contributed by atoms with Crippen LogP contribution in [0.15, 0.2) is 42.7 Å². The molecule has 2 aromatic carbocycles. The van der Waals surface area contributed by atoms with Crippen molar-refractivity contribution in [3.8, 4) is 11.5 Å². The van der Waals surface area contributed by atoms with E-state index in [4.69, 9.17) is 0 Å². The second-order valence-electron chi connectivity index (χ2n) is 8.36. The topological polar surface area (TPSA) is 18.5 Å². The van der Waals surface area contributed by atoms with Crippen LogP contribution in [0.25, 0.3) is 0 Å². The molecule has 1 aliphatic rings. The maximum absolute atomic E-state index is 14.6. The van der Waals surface area contributed by atoms with E-state index >= 15 is 0 Å². The maximum atomic E-state index is 14.6. The molecule has 0 saturated heterocycles. The molecule has 0 aliphatic heterocycles. The van der Waals surface area contributed by atoms with Crippen LogP contribution in [-0.2, 0) is 6.11 Å². The lowest BCUT2D eigenvalue weighted by atomic mass is 9.77. The fraction of sp³-hybridized carbons (Fsp3) is 0.440. The summed E-state index contributed by atoms with van der Waals surface area (Å²) in [7, 11) is 0. The van der Waals surface area contributed by atoms with Crippen LogP contribution >= 0.6 is 0 Å². The van der Waals surface area contributed by atoms with Gasteiger partial charge in [0.05, 0.1) is 11.8 Å². The lowest BCUT2D eigenvalue weighted by molar-refractivity contribution is -0.187.